The summed E-state index contributed by atoms with van der Waals surface area (Å²) in [6, 6.07) is 0. The maximum absolute atomic E-state index is 8.28. The molecule has 0 atom stereocenters. The number of aliphatic imine (C=N–C) groups is 1. The van der Waals surface area contributed by atoms with Crippen LogP contribution in [0.5, 0.6) is 0 Å². The first kappa shape index (κ1) is 12.2. The molecule has 0 radical (unpaired) electrons. The molecular weight excluding hydrogens is 170 g/mol. The second kappa shape index (κ2) is 7.82. The highest BCUT2D eigenvalue weighted by Gasteiger charge is 1.92. The Balaban J connectivity index is 3.17. The number of hydrogen-bond acceptors (Lipinski definition) is 3. The third-order valence-electron chi connectivity index (χ3n) is 1.40. The van der Waals surface area contributed by atoms with E-state index in [9.17, 15) is 0 Å². The molecule has 0 aliphatic rings. The first-order valence-corrected chi connectivity index (χ1v) is 4.48. The minimum Gasteiger partial charge on any atom is -0.379 e. The molecule has 0 aromatic heterocycles. The van der Waals surface area contributed by atoms with Crippen molar-refractivity contribution in [3.63, 3.8) is 0 Å². The molecule has 0 aliphatic carbocycles. The number of hydroxylamine groups is 1. The average Bonchev–Trinajstić information content (AvgIpc) is 2.10. The molecule has 0 aromatic rings. The molecule has 78 valence electrons. The minimum atomic E-state index is 0.0600. The van der Waals surface area contributed by atoms with Gasteiger partial charge < -0.3 is 10.5 Å². The van der Waals surface area contributed by atoms with Crippen molar-refractivity contribution < 1.29 is 9.94 Å². The summed E-state index contributed by atoms with van der Waals surface area (Å²) < 4.78 is 5.33. The van der Waals surface area contributed by atoms with E-state index in [4.69, 9.17) is 15.7 Å². The smallest absolute Gasteiger partial charge is 0.212 e. The molecule has 0 saturated heterocycles. The van der Waals surface area contributed by atoms with Crippen LogP contribution in [0, 0.1) is 0 Å². The zero-order valence-corrected chi connectivity index (χ0v) is 8.29. The summed E-state index contributed by atoms with van der Waals surface area (Å²) >= 11 is 0. The van der Waals surface area contributed by atoms with Gasteiger partial charge in [0.05, 0.1) is 6.10 Å². The van der Waals surface area contributed by atoms with E-state index in [1.54, 1.807) is 5.48 Å². The summed E-state index contributed by atoms with van der Waals surface area (Å²) in [5.74, 6) is 0.0600. The maximum atomic E-state index is 8.28. The Bertz CT molecular complexity index is 148. The predicted octanol–water partition coefficient (Wildman–Crippen LogP) is 0.485. The van der Waals surface area contributed by atoms with E-state index in [1.807, 2.05) is 13.8 Å². The number of hydrogen-bond donors (Lipinski definition) is 3. The van der Waals surface area contributed by atoms with Crippen LogP contribution in [0.3, 0.4) is 0 Å². The second-order valence-corrected chi connectivity index (χ2v) is 3.01. The fraction of sp³-hybridized carbons (Fsp3) is 0.875. The first-order chi connectivity index (χ1) is 6.16. The van der Waals surface area contributed by atoms with Crippen molar-refractivity contribution in [3.05, 3.63) is 0 Å². The molecular formula is C8H19N3O2. The van der Waals surface area contributed by atoms with Gasteiger partial charge in [0.15, 0.2) is 0 Å². The van der Waals surface area contributed by atoms with Gasteiger partial charge in [0.2, 0.25) is 5.96 Å². The van der Waals surface area contributed by atoms with Gasteiger partial charge in [-0.1, -0.05) is 0 Å². The molecule has 0 rings (SSSR count). The molecule has 0 aromatic carbocycles. The second-order valence-electron chi connectivity index (χ2n) is 3.01. The maximum Gasteiger partial charge on any atom is 0.212 e. The SMILES string of the molecule is CC(C)OCCCCN=C(N)NO. The van der Waals surface area contributed by atoms with Gasteiger partial charge in [-0.15, -0.1) is 0 Å². The Morgan fingerprint density at radius 2 is 2.23 bits per heavy atom. The quantitative estimate of drug-likeness (QED) is 0.246. The lowest BCUT2D eigenvalue weighted by atomic mass is 10.3. The number of nitrogens with two attached hydrogens (primary N) is 1. The van der Waals surface area contributed by atoms with Crippen molar-refractivity contribution in [2.24, 2.45) is 10.7 Å². The Kier molecular flexibility index (Phi) is 7.33. The number of guanidine groups is 1. The van der Waals surface area contributed by atoms with Crippen LogP contribution in [0.25, 0.3) is 0 Å². The zero-order chi connectivity index (χ0) is 10.1. The van der Waals surface area contributed by atoms with E-state index < -0.39 is 0 Å². The lowest BCUT2D eigenvalue weighted by Gasteiger charge is -2.05. The van der Waals surface area contributed by atoms with E-state index >= 15 is 0 Å². The van der Waals surface area contributed by atoms with Gasteiger partial charge in [0.1, 0.15) is 0 Å². The molecule has 0 bridgehead atoms. The van der Waals surface area contributed by atoms with Crippen molar-refractivity contribution in [3.8, 4) is 0 Å². The average molecular weight is 189 g/mol. The molecule has 5 nitrogen and oxygen atoms in total. The van der Waals surface area contributed by atoms with Gasteiger partial charge in [-0.25, -0.2) is 5.48 Å². The highest BCUT2D eigenvalue weighted by molar-refractivity contribution is 5.76. The molecule has 0 amide bonds. The van der Waals surface area contributed by atoms with E-state index in [2.05, 4.69) is 4.99 Å². The summed E-state index contributed by atoms with van der Waals surface area (Å²) in [6.07, 6.45) is 2.16. The van der Waals surface area contributed by atoms with Crippen LogP contribution in [-0.2, 0) is 4.74 Å². The highest BCUT2D eigenvalue weighted by atomic mass is 16.5. The van der Waals surface area contributed by atoms with Crippen molar-refractivity contribution in [1.82, 2.24) is 5.48 Å². The molecule has 0 heterocycles. The van der Waals surface area contributed by atoms with E-state index in [0.717, 1.165) is 19.4 Å². The predicted molar refractivity (Wildman–Crippen MR) is 51.7 cm³/mol. The van der Waals surface area contributed by atoms with Gasteiger partial charge in [-0.3, -0.25) is 10.2 Å². The number of unbranched alkanes of at least 4 members (excludes halogenated alkanes) is 1. The zero-order valence-electron chi connectivity index (χ0n) is 8.29. The molecule has 0 fully saturated rings. The largest absolute Gasteiger partial charge is 0.379 e. The van der Waals surface area contributed by atoms with Crippen LogP contribution in [0.2, 0.25) is 0 Å². The van der Waals surface area contributed by atoms with Crippen LogP contribution in [0.1, 0.15) is 26.7 Å². The Morgan fingerprint density at radius 1 is 1.54 bits per heavy atom. The lowest BCUT2D eigenvalue weighted by molar-refractivity contribution is 0.0763. The summed E-state index contributed by atoms with van der Waals surface area (Å²) in [5.41, 5.74) is 6.96. The number of ether oxygens (including phenoxy) is 1. The fourth-order valence-electron chi connectivity index (χ4n) is 0.768. The van der Waals surface area contributed by atoms with E-state index in [1.165, 1.54) is 0 Å². The Labute approximate surface area is 78.9 Å². The van der Waals surface area contributed by atoms with Crippen molar-refractivity contribution in [2.75, 3.05) is 13.2 Å². The summed E-state index contributed by atoms with van der Waals surface area (Å²) in [6.45, 7) is 5.37. The van der Waals surface area contributed by atoms with Gasteiger partial charge in [0.25, 0.3) is 0 Å². The van der Waals surface area contributed by atoms with Gasteiger partial charge in [0, 0.05) is 13.2 Å². The number of rotatable bonds is 6. The third-order valence-corrected chi connectivity index (χ3v) is 1.40. The van der Waals surface area contributed by atoms with Crippen LogP contribution >= 0.6 is 0 Å². The van der Waals surface area contributed by atoms with Gasteiger partial charge in [-0.2, -0.15) is 0 Å². The summed E-state index contributed by atoms with van der Waals surface area (Å²) in [7, 11) is 0. The fourth-order valence-corrected chi connectivity index (χ4v) is 0.768. The Hall–Kier alpha value is -0.810. The lowest BCUT2D eigenvalue weighted by Crippen LogP contribution is -2.28. The molecule has 0 spiro atoms. The molecule has 0 aliphatic heterocycles. The summed E-state index contributed by atoms with van der Waals surface area (Å²) in [4.78, 5) is 3.84. The van der Waals surface area contributed by atoms with Crippen molar-refractivity contribution in [2.45, 2.75) is 32.8 Å². The normalized spacial score (nSPS) is 12.2. The molecule has 0 unspecified atom stereocenters. The van der Waals surface area contributed by atoms with Gasteiger partial charge >= 0.3 is 0 Å². The van der Waals surface area contributed by atoms with Crippen molar-refractivity contribution >= 4 is 5.96 Å². The van der Waals surface area contributed by atoms with Crippen LogP contribution in [0.15, 0.2) is 4.99 Å². The standard InChI is InChI=1S/C8H19N3O2/c1-7(2)13-6-4-3-5-10-8(9)11-12/h7,12H,3-6H2,1-2H3,(H3,9,10,11). The number of nitrogens with one attached hydrogen (secondary N) is 1. The van der Waals surface area contributed by atoms with Crippen molar-refractivity contribution in [1.29, 1.82) is 0 Å². The first-order valence-electron chi connectivity index (χ1n) is 4.48. The number of nitrogens with zero attached hydrogens (tertiary/aromatic N) is 1. The molecule has 0 saturated carbocycles. The van der Waals surface area contributed by atoms with Gasteiger partial charge in [-0.05, 0) is 26.7 Å². The van der Waals surface area contributed by atoms with E-state index in [-0.39, 0.29) is 12.1 Å². The summed E-state index contributed by atoms with van der Waals surface area (Å²) in [5, 5.41) is 8.28. The van der Waals surface area contributed by atoms with E-state index in [0.29, 0.717) is 6.54 Å². The molecule has 13 heavy (non-hydrogen) atoms. The van der Waals surface area contributed by atoms with Crippen LogP contribution < -0.4 is 11.2 Å². The minimum absolute atomic E-state index is 0.0600. The topological polar surface area (TPSA) is 79.9 Å². The Morgan fingerprint density at radius 3 is 2.77 bits per heavy atom. The molecule has 4 N–H and O–H groups in total. The van der Waals surface area contributed by atoms with Crippen LogP contribution in [-0.4, -0.2) is 30.4 Å². The molecule has 5 heteroatoms. The highest BCUT2D eigenvalue weighted by Crippen LogP contribution is 1.94. The monoisotopic (exact) mass is 189 g/mol. The van der Waals surface area contributed by atoms with Crippen LogP contribution in [0.4, 0.5) is 0 Å². The third kappa shape index (κ3) is 9.10.